The molecule has 0 atom stereocenters. The fourth-order valence-corrected chi connectivity index (χ4v) is 1.36. The Morgan fingerprint density at radius 3 is 3.00 bits per heavy atom. The van der Waals surface area contributed by atoms with Crippen LogP contribution in [-0.2, 0) is 13.0 Å². The molecule has 0 aromatic carbocycles. The second-order valence-corrected chi connectivity index (χ2v) is 2.70. The fourth-order valence-electron chi connectivity index (χ4n) is 1.36. The number of aromatic nitrogens is 2. The lowest BCUT2D eigenvalue weighted by Crippen LogP contribution is -2.23. The number of hydrogen-bond acceptors (Lipinski definition) is 2. The van der Waals surface area contributed by atoms with E-state index in [1.54, 1.807) is 0 Å². The Hall–Kier alpha value is -0.540. The van der Waals surface area contributed by atoms with Crippen molar-refractivity contribution in [2.24, 2.45) is 0 Å². The average Bonchev–Trinajstić information content (AvgIpc) is 2.34. The van der Waals surface area contributed by atoms with Crippen molar-refractivity contribution in [2.75, 3.05) is 6.54 Å². The smallest absolute Gasteiger partial charge is 0.0682 e. The first kappa shape index (κ1) is 8.56. The summed E-state index contributed by atoms with van der Waals surface area (Å²) in [4.78, 5) is 0. The zero-order valence-corrected chi connectivity index (χ0v) is 7.29. The van der Waals surface area contributed by atoms with Crippen molar-refractivity contribution in [3.63, 3.8) is 0 Å². The molecule has 1 aromatic heterocycles. The van der Waals surface area contributed by atoms with Crippen LogP contribution in [0.1, 0.15) is 17.0 Å². The molecule has 0 unspecified atom stereocenters. The number of H-pyrrole nitrogens is 1. The van der Waals surface area contributed by atoms with Gasteiger partial charge in [-0.25, -0.2) is 0 Å². The molecular formula is C7H12ClN3. The number of nitrogens with zero attached hydrogens (tertiary/aromatic N) is 1. The zero-order chi connectivity index (χ0) is 6.97. The third-order valence-corrected chi connectivity index (χ3v) is 2.00. The van der Waals surface area contributed by atoms with E-state index in [2.05, 4.69) is 22.4 Å². The summed E-state index contributed by atoms with van der Waals surface area (Å²) in [5, 5.41) is 10.5. The van der Waals surface area contributed by atoms with Crippen molar-refractivity contribution in [3.05, 3.63) is 17.0 Å². The number of fused-ring (bicyclic) bond motifs is 1. The number of halogens is 1. The number of aromatic amines is 1. The maximum absolute atomic E-state index is 4.19. The van der Waals surface area contributed by atoms with E-state index in [-0.39, 0.29) is 12.4 Å². The first-order valence-electron chi connectivity index (χ1n) is 3.61. The molecule has 0 aliphatic carbocycles. The first-order chi connectivity index (χ1) is 4.88. The molecule has 0 spiro atoms. The largest absolute Gasteiger partial charge is 0.312 e. The molecule has 0 amide bonds. The molecule has 1 aliphatic heterocycles. The standard InChI is InChI=1S/C7H11N3.ClH/c1-5-6-4-8-3-2-7(6)10-9-5;/h8H,2-4H2,1H3,(H,9,10);1H. The summed E-state index contributed by atoms with van der Waals surface area (Å²) in [6.07, 6.45) is 1.07. The lowest BCUT2D eigenvalue weighted by atomic mass is 10.1. The Bertz CT molecular complexity index is 244. The van der Waals surface area contributed by atoms with Crippen LogP contribution >= 0.6 is 12.4 Å². The maximum atomic E-state index is 4.19. The highest BCUT2D eigenvalue weighted by Crippen LogP contribution is 2.13. The minimum atomic E-state index is 0. The maximum Gasteiger partial charge on any atom is 0.0682 e. The van der Waals surface area contributed by atoms with Crippen LogP contribution in [0.4, 0.5) is 0 Å². The minimum absolute atomic E-state index is 0. The summed E-state index contributed by atoms with van der Waals surface area (Å²) in [5.41, 5.74) is 3.82. The lowest BCUT2D eigenvalue weighted by molar-refractivity contribution is 0.635. The van der Waals surface area contributed by atoms with Gasteiger partial charge in [0.15, 0.2) is 0 Å². The number of rotatable bonds is 0. The van der Waals surface area contributed by atoms with Gasteiger partial charge in [0, 0.05) is 30.8 Å². The monoisotopic (exact) mass is 173 g/mol. The third-order valence-electron chi connectivity index (χ3n) is 2.00. The van der Waals surface area contributed by atoms with E-state index in [1.165, 1.54) is 17.0 Å². The van der Waals surface area contributed by atoms with Crippen LogP contribution in [0.15, 0.2) is 0 Å². The molecule has 3 nitrogen and oxygen atoms in total. The quantitative estimate of drug-likeness (QED) is 0.609. The fraction of sp³-hybridized carbons (Fsp3) is 0.571. The van der Waals surface area contributed by atoms with E-state index in [9.17, 15) is 0 Å². The Morgan fingerprint density at radius 2 is 2.27 bits per heavy atom. The van der Waals surface area contributed by atoms with Crippen molar-refractivity contribution >= 4 is 12.4 Å². The zero-order valence-electron chi connectivity index (χ0n) is 6.48. The molecule has 0 saturated carbocycles. The Morgan fingerprint density at radius 1 is 1.45 bits per heavy atom. The molecule has 11 heavy (non-hydrogen) atoms. The SMILES string of the molecule is Cc1[nH]nc2c1CNCC2.Cl. The van der Waals surface area contributed by atoms with Crippen molar-refractivity contribution < 1.29 is 0 Å². The molecular weight excluding hydrogens is 162 g/mol. The molecule has 1 aromatic rings. The summed E-state index contributed by atoms with van der Waals surface area (Å²) in [6.45, 7) is 4.12. The second-order valence-electron chi connectivity index (χ2n) is 2.70. The molecule has 2 N–H and O–H groups in total. The summed E-state index contributed by atoms with van der Waals surface area (Å²) < 4.78 is 0. The van der Waals surface area contributed by atoms with Gasteiger partial charge in [-0.15, -0.1) is 12.4 Å². The first-order valence-corrected chi connectivity index (χ1v) is 3.61. The molecule has 2 heterocycles. The number of hydrogen-bond donors (Lipinski definition) is 2. The highest BCUT2D eigenvalue weighted by molar-refractivity contribution is 5.85. The van der Waals surface area contributed by atoms with Crippen molar-refractivity contribution in [3.8, 4) is 0 Å². The second kappa shape index (κ2) is 3.24. The van der Waals surface area contributed by atoms with E-state index in [1.807, 2.05) is 0 Å². The summed E-state index contributed by atoms with van der Waals surface area (Å²) in [6, 6.07) is 0. The van der Waals surface area contributed by atoms with Crippen LogP contribution in [0.25, 0.3) is 0 Å². The van der Waals surface area contributed by atoms with Gasteiger partial charge in [0.05, 0.1) is 5.69 Å². The summed E-state index contributed by atoms with van der Waals surface area (Å²) >= 11 is 0. The van der Waals surface area contributed by atoms with Gasteiger partial charge in [0.1, 0.15) is 0 Å². The van der Waals surface area contributed by atoms with E-state index in [4.69, 9.17) is 0 Å². The van der Waals surface area contributed by atoms with Crippen LogP contribution in [0.2, 0.25) is 0 Å². The van der Waals surface area contributed by atoms with Gasteiger partial charge in [-0.05, 0) is 6.92 Å². The topological polar surface area (TPSA) is 40.7 Å². The van der Waals surface area contributed by atoms with E-state index in [0.717, 1.165) is 19.5 Å². The number of aryl methyl sites for hydroxylation is 1. The summed E-state index contributed by atoms with van der Waals surface area (Å²) in [7, 11) is 0. The molecule has 0 bridgehead atoms. The van der Waals surface area contributed by atoms with Crippen LogP contribution < -0.4 is 5.32 Å². The normalized spacial score (nSPS) is 15.4. The van der Waals surface area contributed by atoms with Crippen molar-refractivity contribution in [2.45, 2.75) is 19.9 Å². The van der Waals surface area contributed by atoms with Gasteiger partial charge >= 0.3 is 0 Å². The van der Waals surface area contributed by atoms with Gasteiger partial charge in [-0.3, -0.25) is 5.10 Å². The van der Waals surface area contributed by atoms with Crippen LogP contribution in [0.3, 0.4) is 0 Å². The molecule has 0 saturated heterocycles. The van der Waals surface area contributed by atoms with E-state index in [0.29, 0.717) is 0 Å². The predicted molar refractivity (Wildman–Crippen MR) is 46.0 cm³/mol. The molecule has 0 radical (unpaired) electrons. The highest BCUT2D eigenvalue weighted by Gasteiger charge is 2.12. The van der Waals surface area contributed by atoms with Gasteiger partial charge in [-0.1, -0.05) is 0 Å². The highest BCUT2D eigenvalue weighted by atomic mass is 35.5. The lowest BCUT2D eigenvalue weighted by Gasteiger charge is -2.10. The minimum Gasteiger partial charge on any atom is -0.312 e. The number of nitrogens with one attached hydrogen (secondary N) is 2. The molecule has 0 fully saturated rings. The van der Waals surface area contributed by atoms with Gasteiger partial charge in [-0.2, -0.15) is 5.10 Å². The summed E-state index contributed by atoms with van der Waals surface area (Å²) in [5.74, 6) is 0. The Balaban J connectivity index is 0.000000605. The third kappa shape index (κ3) is 1.39. The Labute approximate surface area is 72.0 Å². The van der Waals surface area contributed by atoms with Gasteiger partial charge < -0.3 is 5.32 Å². The van der Waals surface area contributed by atoms with Crippen molar-refractivity contribution in [1.29, 1.82) is 0 Å². The molecule has 62 valence electrons. The molecule has 2 rings (SSSR count). The van der Waals surface area contributed by atoms with E-state index >= 15 is 0 Å². The molecule has 4 heteroatoms. The van der Waals surface area contributed by atoms with Crippen LogP contribution in [0.5, 0.6) is 0 Å². The van der Waals surface area contributed by atoms with Gasteiger partial charge in [0.2, 0.25) is 0 Å². The van der Waals surface area contributed by atoms with Gasteiger partial charge in [0.25, 0.3) is 0 Å². The Kier molecular flexibility index (Phi) is 2.52. The van der Waals surface area contributed by atoms with Crippen molar-refractivity contribution in [1.82, 2.24) is 15.5 Å². The predicted octanol–water partition coefficient (Wildman–Crippen LogP) is 0.786. The molecule has 1 aliphatic rings. The van der Waals surface area contributed by atoms with E-state index < -0.39 is 0 Å². The van der Waals surface area contributed by atoms with Crippen LogP contribution in [0, 0.1) is 6.92 Å². The van der Waals surface area contributed by atoms with Crippen LogP contribution in [-0.4, -0.2) is 16.7 Å². The average molecular weight is 174 g/mol.